The first-order valence-corrected chi connectivity index (χ1v) is 10.7. The van der Waals surface area contributed by atoms with E-state index < -0.39 is 11.8 Å². The maximum absolute atomic E-state index is 12.0. The van der Waals surface area contributed by atoms with Crippen molar-refractivity contribution < 1.29 is 9.84 Å². The smallest absolute Gasteiger partial charge is 0.145 e. The fourth-order valence-corrected chi connectivity index (χ4v) is 5.30. The molecule has 3 rings (SSSR count). The number of hydrogen-bond donors (Lipinski definition) is 1. The van der Waals surface area contributed by atoms with Crippen LogP contribution in [-0.4, -0.2) is 34.4 Å². The lowest BCUT2D eigenvalue weighted by molar-refractivity contribution is -0.287. The zero-order valence-electron chi connectivity index (χ0n) is 18.0. The van der Waals surface area contributed by atoms with Gasteiger partial charge in [0.25, 0.3) is 0 Å². The topological polar surface area (TPSA) is 32.7 Å². The van der Waals surface area contributed by atoms with Crippen molar-refractivity contribution in [3.63, 3.8) is 0 Å². The molecule has 1 aromatic carbocycles. The van der Waals surface area contributed by atoms with Gasteiger partial charge in [0.15, 0.2) is 0 Å². The predicted molar refractivity (Wildman–Crippen MR) is 116 cm³/mol. The highest BCUT2D eigenvalue weighted by Gasteiger charge is 2.56. The Morgan fingerprint density at radius 2 is 2.00 bits per heavy atom. The van der Waals surface area contributed by atoms with Crippen LogP contribution in [0.3, 0.4) is 0 Å². The molecule has 0 bridgehead atoms. The van der Waals surface area contributed by atoms with Crippen molar-refractivity contribution in [2.45, 2.75) is 76.9 Å². The average Bonchev–Trinajstić information content (AvgIpc) is 2.64. The molecule has 0 aromatic heterocycles. The van der Waals surface area contributed by atoms with Crippen molar-refractivity contribution in [1.29, 1.82) is 0 Å². The van der Waals surface area contributed by atoms with Gasteiger partial charge in [0, 0.05) is 24.4 Å². The molecular weight excluding hydrogens is 346 g/mol. The van der Waals surface area contributed by atoms with Crippen LogP contribution in [0, 0.1) is 11.8 Å². The molecule has 1 N–H and O–H groups in total. The molecule has 1 aliphatic carbocycles. The van der Waals surface area contributed by atoms with Crippen molar-refractivity contribution in [2.24, 2.45) is 11.8 Å². The molecule has 1 aliphatic heterocycles. The van der Waals surface area contributed by atoms with Gasteiger partial charge in [-0.25, -0.2) is 0 Å². The summed E-state index contributed by atoms with van der Waals surface area (Å²) in [6, 6.07) is 9.93. The second kappa shape index (κ2) is 8.14. The highest BCUT2D eigenvalue weighted by atomic mass is 16.5. The molecule has 1 saturated heterocycles. The summed E-state index contributed by atoms with van der Waals surface area (Å²) in [6.45, 7) is 17.8. The number of rotatable bonds is 6. The van der Waals surface area contributed by atoms with Gasteiger partial charge in [-0.1, -0.05) is 61.9 Å². The standard InChI is InChI=1S/C25H37NO2/c1-7-15-25(27,20-11-9-8-10-12-20)23-26(17-18(2)3)24(5,6)21-14-13-19(4)16-22(21)28-23/h7-12,19,21-23,27H,1-2,13-17H2,3-6H3/t19-,21-,22-,23+,25+/m1/s1. The molecule has 5 atom stereocenters. The number of benzene rings is 1. The Labute approximate surface area is 171 Å². The van der Waals surface area contributed by atoms with Crippen molar-refractivity contribution in [2.75, 3.05) is 6.54 Å². The van der Waals surface area contributed by atoms with Gasteiger partial charge >= 0.3 is 0 Å². The predicted octanol–water partition coefficient (Wildman–Crippen LogP) is 5.27. The second-order valence-corrected chi connectivity index (χ2v) is 9.57. The van der Waals surface area contributed by atoms with Crippen molar-refractivity contribution >= 4 is 0 Å². The maximum Gasteiger partial charge on any atom is 0.145 e. The first-order chi connectivity index (χ1) is 13.2. The van der Waals surface area contributed by atoms with E-state index in [4.69, 9.17) is 4.74 Å². The molecule has 154 valence electrons. The summed E-state index contributed by atoms with van der Waals surface area (Å²) in [5, 5.41) is 12.0. The number of nitrogens with zero attached hydrogens (tertiary/aromatic N) is 1. The van der Waals surface area contributed by atoms with Gasteiger partial charge in [0.1, 0.15) is 11.8 Å². The summed E-state index contributed by atoms with van der Waals surface area (Å²) in [6.07, 6.45) is 5.45. The fraction of sp³-hybridized carbons (Fsp3) is 0.600. The summed E-state index contributed by atoms with van der Waals surface area (Å²) in [4.78, 5) is 2.35. The lowest BCUT2D eigenvalue weighted by atomic mass is 9.68. The minimum atomic E-state index is -1.15. The van der Waals surface area contributed by atoms with Crippen LogP contribution in [0.4, 0.5) is 0 Å². The third-order valence-electron chi connectivity index (χ3n) is 6.87. The molecule has 0 spiro atoms. The van der Waals surface area contributed by atoms with Crippen LogP contribution >= 0.6 is 0 Å². The van der Waals surface area contributed by atoms with E-state index in [1.807, 2.05) is 30.3 Å². The first kappa shape index (κ1) is 21.3. The number of hydrogen-bond acceptors (Lipinski definition) is 3. The fourth-order valence-electron chi connectivity index (χ4n) is 5.30. The van der Waals surface area contributed by atoms with E-state index in [0.717, 1.165) is 17.6 Å². The van der Waals surface area contributed by atoms with Crippen molar-refractivity contribution in [3.8, 4) is 0 Å². The molecule has 0 unspecified atom stereocenters. The lowest BCUT2D eigenvalue weighted by Gasteiger charge is -2.60. The minimum absolute atomic E-state index is 0.0867. The SMILES string of the molecule is C=CC[C@](O)(c1ccccc1)[C@@H]1O[C@@H]2C[C@H](C)CC[C@H]2C(C)(C)N1CC(=C)C. The van der Waals surface area contributed by atoms with E-state index in [2.05, 4.69) is 45.8 Å². The van der Waals surface area contributed by atoms with Crippen LogP contribution in [-0.2, 0) is 10.3 Å². The Hall–Kier alpha value is -1.42. The van der Waals surface area contributed by atoms with E-state index in [1.165, 1.54) is 12.8 Å². The number of aliphatic hydroxyl groups is 1. The zero-order chi connectivity index (χ0) is 20.5. The molecule has 1 aromatic rings. The first-order valence-electron chi connectivity index (χ1n) is 10.7. The van der Waals surface area contributed by atoms with Crippen LogP contribution in [0.5, 0.6) is 0 Å². The maximum atomic E-state index is 12.0. The summed E-state index contributed by atoms with van der Waals surface area (Å²) in [5.41, 5.74) is 0.723. The molecule has 1 saturated carbocycles. The Morgan fingerprint density at radius 3 is 2.61 bits per heavy atom. The van der Waals surface area contributed by atoms with E-state index in [1.54, 1.807) is 6.08 Å². The number of fused-ring (bicyclic) bond motifs is 1. The van der Waals surface area contributed by atoms with E-state index in [-0.39, 0.29) is 11.6 Å². The molecule has 0 amide bonds. The lowest BCUT2D eigenvalue weighted by Crippen LogP contribution is -2.69. The Bertz CT molecular complexity index is 698. The normalized spacial score (nSPS) is 32.2. The van der Waals surface area contributed by atoms with Crippen LogP contribution in [0.1, 0.15) is 58.9 Å². The molecule has 3 heteroatoms. The summed E-state index contributed by atoms with van der Waals surface area (Å²) in [5.74, 6) is 1.12. The molecule has 2 aliphatic rings. The zero-order valence-corrected chi connectivity index (χ0v) is 18.0. The summed E-state index contributed by atoms with van der Waals surface area (Å²) >= 11 is 0. The van der Waals surface area contributed by atoms with Crippen LogP contribution in [0.25, 0.3) is 0 Å². The van der Waals surface area contributed by atoms with Gasteiger partial charge in [0.05, 0.1) is 6.10 Å². The molecule has 28 heavy (non-hydrogen) atoms. The Morgan fingerprint density at radius 1 is 1.32 bits per heavy atom. The van der Waals surface area contributed by atoms with Gasteiger partial charge in [-0.05, 0) is 45.1 Å². The highest BCUT2D eigenvalue weighted by Crippen LogP contribution is 2.49. The van der Waals surface area contributed by atoms with E-state index >= 15 is 0 Å². The third-order valence-corrected chi connectivity index (χ3v) is 6.87. The van der Waals surface area contributed by atoms with E-state index in [0.29, 0.717) is 24.8 Å². The summed E-state index contributed by atoms with van der Waals surface area (Å²) < 4.78 is 6.77. The van der Waals surface area contributed by atoms with Crippen LogP contribution < -0.4 is 0 Å². The molecule has 3 nitrogen and oxygen atoms in total. The largest absolute Gasteiger partial charge is 0.381 e. The summed E-state index contributed by atoms with van der Waals surface area (Å²) in [7, 11) is 0. The average molecular weight is 384 g/mol. The van der Waals surface area contributed by atoms with Gasteiger partial charge in [-0.3, -0.25) is 4.90 Å². The highest BCUT2D eigenvalue weighted by molar-refractivity contribution is 5.26. The van der Waals surface area contributed by atoms with E-state index in [9.17, 15) is 5.11 Å². The minimum Gasteiger partial charge on any atom is -0.381 e. The monoisotopic (exact) mass is 383 g/mol. The molecule has 1 heterocycles. The molecule has 2 fully saturated rings. The van der Waals surface area contributed by atoms with Gasteiger partial charge in [0.2, 0.25) is 0 Å². The third kappa shape index (κ3) is 3.85. The van der Waals surface area contributed by atoms with Gasteiger partial charge in [-0.2, -0.15) is 0 Å². The van der Waals surface area contributed by atoms with Crippen molar-refractivity contribution in [1.82, 2.24) is 4.90 Å². The van der Waals surface area contributed by atoms with Gasteiger partial charge < -0.3 is 9.84 Å². The van der Waals surface area contributed by atoms with Crippen LogP contribution in [0.15, 0.2) is 55.1 Å². The van der Waals surface area contributed by atoms with Crippen molar-refractivity contribution in [3.05, 3.63) is 60.7 Å². The molecular formula is C25H37NO2. The molecule has 0 radical (unpaired) electrons. The van der Waals surface area contributed by atoms with Crippen LogP contribution in [0.2, 0.25) is 0 Å². The Balaban J connectivity index is 2.08. The Kier molecular flexibility index (Phi) is 6.19. The van der Waals surface area contributed by atoms with Gasteiger partial charge in [-0.15, -0.1) is 6.58 Å². The quantitative estimate of drug-likeness (QED) is 0.680. The second-order valence-electron chi connectivity index (χ2n) is 9.57. The number of ether oxygens (including phenoxy) is 1.